The molecule has 8 rings (SSSR count). The molecule has 0 atom stereocenters. The largest absolute Gasteiger partial charge is 0.310 e. The Kier molecular flexibility index (Phi) is 9.55. The molecule has 0 aliphatic heterocycles. The summed E-state index contributed by atoms with van der Waals surface area (Å²) < 4.78 is 0. The number of anilines is 6. The normalized spacial score (nSPS) is 12.1. The topological polar surface area (TPSA) is 6.48 Å². The number of hydrogen-bond acceptors (Lipinski definition) is 2. The van der Waals surface area contributed by atoms with Gasteiger partial charge in [0, 0.05) is 33.5 Å². The average Bonchev–Trinajstić information content (AvgIpc) is 3.14. The van der Waals surface area contributed by atoms with Crippen molar-refractivity contribution >= 4 is 93.0 Å². The first-order valence-electron chi connectivity index (χ1n) is 20.0. The Morgan fingerprint density at radius 3 is 0.911 bits per heavy atom. The molecule has 8 aromatic carbocycles. The first-order valence-corrected chi connectivity index (χ1v) is 27.0. The van der Waals surface area contributed by atoms with Crippen LogP contribution < -0.4 is 20.2 Å². The highest BCUT2D eigenvalue weighted by atomic mass is 28.3. The molecule has 0 unspecified atom stereocenters. The zero-order valence-corrected chi connectivity index (χ0v) is 36.8. The van der Waals surface area contributed by atoms with Crippen molar-refractivity contribution in [1.82, 2.24) is 0 Å². The van der Waals surface area contributed by atoms with Gasteiger partial charge in [0.2, 0.25) is 0 Å². The van der Waals surface area contributed by atoms with Gasteiger partial charge in [-0.3, -0.25) is 0 Å². The summed E-state index contributed by atoms with van der Waals surface area (Å²) in [5, 5.41) is 10.4. The van der Waals surface area contributed by atoms with E-state index in [1.54, 1.807) is 0 Å². The van der Waals surface area contributed by atoms with Gasteiger partial charge >= 0.3 is 0 Å². The fraction of sp³-hybridized carbons (Fsp3) is 0.192. The van der Waals surface area contributed by atoms with Gasteiger partial charge in [0.25, 0.3) is 0 Å². The molecule has 56 heavy (non-hydrogen) atoms. The molecule has 0 saturated carbocycles. The van der Waals surface area contributed by atoms with Gasteiger partial charge in [-0.1, -0.05) is 135 Å². The van der Waals surface area contributed by atoms with Crippen molar-refractivity contribution in [3.8, 4) is 0 Å². The highest BCUT2D eigenvalue weighted by Crippen LogP contribution is 2.48. The smallest absolute Gasteiger partial charge is 0.0775 e. The molecule has 0 aliphatic rings. The van der Waals surface area contributed by atoms with Gasteiger partial charge in [-0.2, -0.15) is 0 Å². The van der Waals surface area contributed by atoms with Crippen LogP contribution in [0.25, 0.3) is 32.3 Å². The van der Waals surface area contributed by atoms with Gasteiger partial charge in [-0.05, 0) is 132 Å². The van der Waals surface area contributed by atoms with E-state index in [1.165, 1.54) is 99.1 Å². The maximum absolute atomic E-state index is 2.49. The minimum atomic E-state index is -1.48. The lowest BCUT2D eigenvalue weighted by Gasteiger charge is -2.31. The Hall–Kier alpha value is -5.43. The first-order chi connectivity index (χ1) is 26.7. The number of hydrogen-bond donors (Lipinski definition) is 0. The Balaban J connectivity index is 1.44. The van der Waals surface area contributed by atoms with Crippen molar-refractivity contribution in [2.24, 2.45) is 0 Å². The summed E-state index contributed by atoms with van der Waals surface area (Å²) in [6, 6.07) is 55.6. The van der Waals surface area contributed by atoms with E-state index in [9.17, 15) is 0 Å². The first kappa shape index (κ1) is 37.5. The van der Waals surface area contributed by atoms with Crippen molar-refractivity contribution < 1.29 is 0 Å². The molecule has 280 valence electrons. The summed E-state index contributed by atoms with van der Waals surface area (Å²) in [4.78, 5) is 4.97. The predicted molar refractivity (Wildman–Crippen MR) is 253 cm³/mol. The number of benzene rings is 8. The second-order valence-corrected chi connectivity index (χ2v) is 28.1. The van der Waals surface area contributed by atoms with Crippen molar-refractivity contribution in [2.75, 3.05) is 9.80 Å². The van der Waals surface area contributed by atoms with E-state index in [2.05, 4.69) is 222 Å². The van der Waals surface area contributed by atoms with Crippen LogP contribution in [0.3, 0.4) is 0 Å². The van der Waals surface area contributed by atoms with E-state index in [0.29, 0.717) is 0 Å². The molecule has 8 aromatic rings. The van der Waals surface area contributed by atoms with Gasteiger partial charge in [-0.15, -0.1) is 0 Å². The Morgan fingerprint density at radius 2 is 0.607 bits per heavy atom. The van der Waals surface area contributed by atoms with E-state index in [-0.39, 0.29) is 0 Å². The lowest BCUT2D eigenvalue weighted by atomic mass is 9.93. The SMILES string of the molecule is Cc1cc(C)cc(N(c2ccc([Si](C)(C)C)cc2)c2cc3c4ccccc4c(N(c4ccc([Si](C)(C)C)cc4)c4cc(C)cc(C)c4)cc3c3ccccc23)c1. The molecule has 4 heteroatoms. The average molecular weight is 763 g/mol. The zero-order chi connectivity index (χ0) is 39.5. The van der Waals surface area contributed by atoms with E-state index in [1.807, 2.05) is 0 Å². The third-order valence-corrected chi connectivity index (χ3v) is 15.4. The third kappa shape index (κ3) is 7.08. The highest BCUT2D eigenvalue weighted by molar-refractivity contribution is 6.89. The summed E-state index contributed by atoms with van der Waals surface area (Å²) in [5.74, 6) is 0. The predicted octanol–water partition coefficient (Wildman–Crippen LogP) is 14.4. The molecule has 0 N–H and O–H groups in total. The second-order valence-electron chi connectivity index (χ2n) is 17.9. The van der Waals surface area contributed by atoms with Crippen LogP contribution >= 0.6 is 0 Å². The minimum Gasteiger partial charge on any atom is -0.310 e. The fourth-order valence-corrected chi connectivity index (χ4v) is 10.9. The molecule has 2 nitrogen and oxygen atoms in total. The second kappa shape index (κ2) is 14.3. The summed E-state index contributed by atoms with van der Waals surface area (Å²) in [7, 11) is -2.96. The molecular weight excluding hydrogens is 709 g/mol. The molecule has 0 aliphatic carbocycles. The molecule has 0 heterocycles. The Morgan fingerprint density at radius 1 is 0.304 bits per heavy atom. The van der Waals surface area contributed by atoms with Crippen LogP contribution in [0.1, 0.15) is 22.3 Å². The van der Waals surface area contributed by atoms with E-state index < -0.39 is 16.1 Å². The lowest BCUT2D eigenvalue weighted by molar-refractivity contribution is 1.26. The standard InChI is InChI=1S/C52H54N2Si2/c1-35-27-36(2)30-41(29-35)53(39-19-23-43(24-20-39)55(5,6)7)51-33-49-46-16-12-14-18-48(46)52(34-50(49)45-15-11-13-17-47(45)51)54(42-31-37(3)28-38(4)32-42)40-21-25-44(26-22-40)56(8,9)10/h11-34H,1-10H3. The maximum Gasteiger partial charge on any atom is 0.0775 e. The van der Waals surface area contributed by atoms with Gasteiger partial charge in [-0.25, -0.2) is 0 Å². The van der Waals surface area contributed by atoms with E-state index >= 15 is 0 Å². The van der Waals surface area contributed by atoms with Gasteiger partial charge < -0.3 is 9.80 Å². The number of aryl methyl sites for hydroxylation is 4. The van der Waals surface area contributed by atoms with E-state index in [4.69, 9.17) is 0 Å². The van der Waals surface area contributed by atoms with Crippen LogP contribution in [0.2, 0.25) is 39.3 Å². The quantitative estimate of drug-likeness (QED) is 0.112. The summed E-state index contributed by atoms with van der Waals surface area (Å²) in [5.41, 5.74) is 12.1. The zero-order valence-electron chi connectivity index (χ0n) is 34.8. The van der Waals surface area contributed by atoms with Crippen LogP contribution in [0.4, 0.5) is 34.1 Å². The molecule has 0 spiro atoms. The molecule has 0 bridgehead atoms. The lowest BCUT2D eigenvalue weighted by Crippen LogP contribution is -2.37. The van der Waals surface area contributed by atoms with E-state index in [0.717, 1.165) is 0 Å². The van der Waals surface area contributed by atoms with Crippen LogP contribution in [0, 0.1) is 27.7 Å². The highest BCUT2D eigenvalue weighted by Gasteiger charge is 2.24. The number of rotatable bonds is 8. The van der Waals surface area contributed by atoms with Crippen molar-refractivity contribution in [2.45, 2.75) is 67.0 Å². The summed E-state index contributed by atoms with van der Waals surface area (Å²) in [6.45, 7) is 23.3. The molecule has 0 amide bonds. The third-order valence-electron chi connectivity index (χ3n) is 11.2. The van der Waals surface area contributed by atoms with Crippen LogP contribution in [-0.4, -0.2) is 16.1 Å². The maximum atomic E-state index is 2.49. The van der Waals surface area contributed by atoms with Crippen LogP contribution in [0.15, 0.2) is 146 Å². The number of nitrogens with zero attached hydrogens (tertiary/aromatic N) is 2. The Bertz CT molecular complexity index is 2520. The van der Waals surface area contributed by atoms with Crippen molar-refractivity contribution in [3.05, 3.63) is 168 Å². The molecule has 0 aromatic heterocycles. The van der Waals surface area contributed by atoms with Crippen molar-refractivity contribution in [3.63, 3.8) is 0 Å². The molecular formula is C52H54N2Si2. The summed E-state index contributed by atoms with van der Waals surface area (Å²) >= 11 is 0. The van der Waals surface area contributed by atoms with Crippen LogP contribution in [-0.2, 0) is 0 Å². The Labute approximate surface area is 336 Å². The minimum absolute atomic E-state index is 1.17. The molecule has 0 saturated heterocycles. The molecule has 0 fully saturated rings. The van der Waals surface area contributed by atoms with Crippen LogP contribution in [0.5, 0.6) is 0 Å². The van der Waals surface area contributed by atoms with Gasteiger partial charge in [0.05, 0.1) is 27.5 Å². The number of fused-ring (bicyclic) bond motifs is 5. The summed E-state index contributed by atoms with van der Waals surface area (Å²) in [6.07, 6.45) is 0. The molecule has 0 radical (unpaired) electrons. The van der Waals surface area contributed by atoms with Gasteiger partial charge in [0.15, 0.2) is 0 Å². The van der Waals surface area contributed by atoms with Crippen molar-refractivity contribution in [1.29, 1.82) is 0 Å². The monoisotopic (exact) mass is 762 g/mol. The van der Waals surface area contributed by atoms with Gasteiger partial charge in [0.1, 0.15) is 0 Å². The fourth-order valence-electron chi connectivity index (χ4n) is 8.52.